The minimum atomic E-state index is 0. The molecule has 1 aromatic rings. The highest BCUT2D eigenvalue weighted by atomic mass is 127. The van der Waals surface area contributed by atoms with Crippen LogP contribution in [-0.4, -0.2) is 44.1 Å². The van der Waals surface area contributed by atoms with Gasteiger partial charge in [-0.3, -0.25) is 4.99 Å². The minimum Gasteiger partial charge on any atom is -0.370 e. The van der Waals surface area contributed by atoms with Gasteiger partial charge in [0, 0.05) is 13.1 Å². The maximum Gasteiger partial charge on any atom is 0.188 e. The number of hydrogen-bond acceptors (Lipinski definition) is 2. The molecule has 3 N–H and O–H groups in total. The van der Waals surface area contributed by atoms with Crippen LogP contribution in [0.1, 0.15) is 18.4 Å². The summed E-state index contributed by atoms with van der Waals surface area (Å²) in [7, 11) is 2.18. The minimum absolute atomic E-state index is 0. The number of aliphatic imine (C=N–C) groups is 1. The van der Waals surface area contributed by atoms with E-state index >= 15 is 0 Å². The molecule has 0 saturated carbocycles. The fourth-order valence-corrected chi connectivity index (χ4v) is 2.51. The molecule has 4 nitrogen and oxygen atoms in total. The van der Waals surface area contributed by atoms with E-state index < -0.39 is 0 Å². The van der Waals surface area contributed by atoms with Crippen molar-refractivity contribution in [3.63, 3.8) is 0 Å². The van der Waals surface area contributed by atoms with Crippen LogP contribution in [0.2, 0.25) is 0 Å². The molecule has 0 radical (unpaired) electrons. The summed E-state index contributed by atoms with van der Waals surface area (Å²) in [6.45, 7) is 4.06. The summed E-state index contributed by atoms with van der Waals surface area (Å²) in [4.78, 5) is 6.85. The van der Waals surface area contributed by atoms with Gasteiger partial charge in [0.1, 0.15) is 0 Å². The van der Waals surface area contributed by atoms with Crippen molar-refractivity contribution in [2.45, 2.75) is 19.3 Å². The summed E-state index contributed by atoms with van der Waals surface area (Å²) in [5.41, 5.74) is 7.23. The zero-order chi connectivity index (χ0) is 14.2. The molecule has 0 spiro atoms. The number of rotatable bonds is 5. The standard InChI is InChI=1S/C16H26N4.HI/c1-20-11-8-15(9-12-20)13-19-16(17)18-10-7-14-5-3-2-4-6-14;/h2-6,15H,7-13H2,1H3,(H3,17,18,19);1H. The van der Waals surface area contributed by atoms with Crippen LogP contribution in [0.5, 0.6) is 0 Å². The number of nitrogens with zero attached hydrogens (tertiary/aromatic N) is 2. The molecule has 118 valence electrons. The second-order valence-electron chi connectivity index (χ2n) is 5.63. The first-order chi connectivity index (χ1) is 9.74. The van der Waals surface area contributed by atoms with Crippen LogP contribution in [0.25, 0.3) is 0 Å². The summed E-state index contributed by atoms with van der Waals surface area (Å²) < 4.78 is 0. The Morgan fingerprint density at radius 3 is 2.62 bits per heavy atom. The summed E-state index contributed by atoms with van der Waals surface area (Å²) in [6.07, 6.45) is 3.44. The van der Waals surface area contributed by atoms with E-state index in [0.29, 0.717) is 11.9 Å². The van der Waals surface area contributed by atoms with E-state index in [0.717, 1.165) is 19.5 Å². The number of hydrogen-bond donors (Lipinski definition) is 2. The van der Waals surface area contributed by atoms with Gasteiger partial charge in [-0.05, 0) is 50.9 Å². The highest BCUT2D eigenvalue weighted by Gasteiger charge is 2.15. The Morgan fingerprint density at radius 2 is 1.95 bits per heavy atom. The average molecular weight is 402 g/mol. The lowest BCUT2D eigenvalue weighted by atomic mass is 9.97. The fourth-order valence-electron chi connectivity index (χ4n) is 2.51. The van der Waals surface area contributed by atoms with Crippen LogP contribution in [0.3, 0.4) is 0 Å². The quantitative estimate of drug-likeness (QED) is 0.451. The summed E-state index contributed by atoms with van der Waals surface area (Å²) in [5.74, 6) is 1.28. The fraction of sp³-hybridized carbons (Fsp3) is 0.562. The molecule has 0 unspecified atom stereocenters. The molecule has 21 heavy (non-hydrogen) atoms. The van der Waals surface area contributed by atoms with Crippen molar-refractivity contribution in [2.24, 2.45) is 16.6 Å². The number of halogens is 1. The predicted molar refractivity (Wildman–Crippen MR) is 100 cm³/mol. The number of guanidine groups is 1. The predicted octanol–water partition coefficient (Wildman–Crippen LogP) is 2.09. The maximum absolute atomic E-state index is 5.91. The van der Waals surface area contributed by atoms with E-state index in [9.17, 15) is 0 Å². The van der Waals surface area contributed by atoms with Gasteiger partial charge < -0.3 is 16.0 Å². The Bertz CT molecular complexity index is 414. The van der Waals surface area contributed by atoms with E-state index in [-0.39, 0.29) is 24.0 Å². The molecule has 1 aliphatic heterocycles. The molecular weight excluding hydrogens is 375 g/mol. The first-order valence-electron chi connectivity index (χ1n) is 7.50. The molecule has 0 aromatic heterocycles. The molecule has 0 bridgehead atoms. The third-order valence-electron chi connectivity index (χ3n) is 3.92. The van der Waals surface area contributed by atoms with Gasteiger partial charge in [-0.25, -0.2) is 0 Å². The van der Waals surface area contributed by atoms with Gasteiger partial charge in [0.15, 0.2) is 5.96 Å². The zero-order valence-corrected chi connectivity index (χ0v) is 15.1. The van der Waals surface area contributed by atoms with E-state index in [1.165, 1.54) is 31.5 Å². The van der Waals surface area contributed by atoms with Crippen LogP contribution in [0, 0.1) is 5.92 Å². The highest BCUT2D eigenvalue weighted by Crippen LogP contribution is 2.15. The number of benzene rings is 1. The van der Waals surface area contributed by atoms with Gasteiger partial charge >= 0.3 is 0 Å². The van der Waals surface area contributed by atoms with Gasteiger partial charge in [0.25, 0.3) is 0 Å². The summed E-state index contributed by atoms with van der Waals surface area (Å²) >= 11 is 0. The monoisotopic (exact) mass is 402 g/mol. The van der Waals surface area contributed by atoms with Crippen molar-refractivity contribution in [1.82, 2.24) is 10.2 Å². The van der Waals surface area contributed by atoms with Crippen LogP contribution in [0.4, 0.5) is 0 Å². The molecule has 0 atom stereocenters. The molecule has 0 amide bonds. The lowest BCUT2D eigenvalue weighted by Crippen LogP contribution is -2.35. The number of likely N-dealkylation sites (tertiary alicyclic amines) is 1. The molecule has 5 heteroatoms. The highest BCUT2D eigenvalue weighted by molar-refractivity contribution is 14.0. The van der Waals surface area contributed by atoms with Crippen molar-refractivity contribution in [3.8, 4) is 0 Å². The third-order valence-corrected chi connectivity index (χ3v) is 3.92. The number of nitrogens with one attached hydrogen (secondary N) is 1. The molecule has 1 heterocycles. The summed E-state index contributed by atoms with van der Waals surface area (Å²) in [5, 5.41) is 3.20. The van der Waals surface area contributed by atoms with E-state index in [1.54, 1.807) is 0 Å². The van der Waals surface area contributed by atoms with Crippen molar-refractivity contribution in [1.29, 1.82) is 0 Å². The third kappa shape index (κ3) is 7.13. The second kappa shape index (κ2) is 10.00. The van der Waals surface area contributed by atoms with Gasteiger partial charge in [-0.1, -0.05) is 30.3 Å². The van der Waals surface area contributed by atoms with Gasteiger partial charge in [0.05, 0.1) is 0 Å². The first kappa shape index (κ1) is 18.2. The molecule has 1 saturated heterocycles. The SMILES string of the molecule is CN1CCC(CN=C(N)NCCc2ccccc2)CC1.I. The van der Waals surface area contributed by atoms with Crippen LogP contribution in [-0.2, 0) is 6.42 Å². The molecule has 1 aliphatic rings. The van der Waals surface area contributed by atoms with Gasteiger partial charge in [-0.2, -0.15) is 0 Å². The first-order valence-corrected chi connectivity index (χ1v) is 7.50. The van der Waals surface area contributed by atoms with E-state index in [2.05, 4.69) is 46.5 Å². The number of piperidine rings is 1. The Hall–Kier alpha value is -0.820. The molecule has 1 fully saturated rings. The largest absolute Gasteiger partial charge is 0.370 e. The Morgan fingerprint density at radius 1 is 1.29 bits per heavy atom. The zero-order valence-electron chi connectivity index (χ0n) is 12.8. The van der Waals surface area contributed by atoms with Crippen molar-refractivity contribution >= 4 is 29.9 Å². The van der Waals surface area contributed by atoms with Gasteiger partial charge in [-0.15, -0.1) is 24.0 Å². The Kier molecular flexibility index (Phi) is 8.68. The molecule has 0 aliphatic carbocycles. The van der Waals surface area contributed by atoms with E-state index in [1.807, 2.05) is 6.07 Å². The Labute approximate surface area is 145 Å². The second-order valence-corrected chi connectivity index (χ2v) is 5.63. The average Bonchev–Trinajstić information content (AvgIpc) is 2.48. The van der Waals surface area contributed by atoms with Crippen molar-refractivity contribution < 1.29 is 0 Å². The van der Waals surface area contributed by atoms with Crippen molar-refractivity contribution in [2.75, 3.05) is 33.2 Å². The lowest BCUT2D eigenvalue weighted by molar-refractivity contribution is 0.223. The van der Waals surface area contributed by atoms with Crippen molar-refractivity contribution in [3.05, 3.63) is 35.9 Å². The lowest BCUT2D eigenvalue weighted by Gasteiger charge is -2.27. The smallest absolute Gasteiger partial charge is 0.188 e. The number of nitrogens with two attached hydrogens (primary N) is 1. The van der Waals surface area contributed by atoms with E-state index in [4.69, 9.17) is 5.73 Å². The van der Waals surface area contributed by atoms with Gasteiger partial charge in [0.2, 0.25) is 0 Å². The van der Waals surface area contributed by atoms with Crippen LogP contribution < -0.4 is 11.1 Å². The maximum atomic E-state index is 5.91. The molecule has 1 aromatic carbocycles. The molecular formula is C16H27IN4. The van der Waals surface area contributed by atoms with Crippen LogP contribution >= 0.6 is 24.0 Å². The normalized spacial score (nSPS) is 17.3. The van der Waals surface area contributed by atoms with Crippen LogP contribution in [0.15, 0.2) is 35.3 Å². The topological polar surface area (TPSA) is 53.6 Å². The summed E-state index contributed by atoms with van der Waals surface area (Å²) in [6, 6.07) is 10.4. The molecule has 2 rings (SSSR count). The Balaban J connectivity index is 0.00000220.